The van der Waals surface area contributed by atoms with Crippen molar-refractivity contribution in [2.45, 2.75) is 50.8 Å². The van der Waals surface area contributed by atoms with Crippen LogP contribution in [0.1, 0.15) is 43.0 Å². The molecule has 6 heteroatoms. The lowest BCUT2D eigenvalue weighted by atomic mass is 10.00. The first-order valence-corrected chi connectivity index (χ1v) is 7.20. The second-order valence-corrected chi connectivity index (χ2v) is 5.70. The SMILES string of the molecule is CC(=O)c1cccnc1OC1C[C@H]2CC[C@@H](C1)N2C(=O)O. The fourth-order valence-electron chi connectivity index (χ4n) is 3.45. The molecule has 2 aliphatic heterocycles. The molecular weight excluding hydrogens is 272 g/mol. The number of nitrogens with zero attached hydrogens (tertiary/aromatic N) is 2. The summed E-state index contributed by atoms with van der Waals surface area (Å²) in [4.78, 5) is 28.5. The fourth-order valence-corrected chi connectivity index (χ4v) is 3.45. The number of aromatic nitrogens is 1. The molecule has 3 atom stereocenters. The summed E-state index contributed by atoms with van der Waals surface area (Å²) < 4.78 is 5.91. The van der Waals surface area contributed by atoms with Gasteiger partial charge in [0.25, 0.3) is 0 Å². The molecule has 0 saturated carbocycles. The van der Waals surface area contributed by atoms with Gasteiger partial charge in [0.05, 0.1) is 5.56 Å². The zero-order valence-electron chi connectivity index (χ0n) is 11.9. The van der Waals surface area contributed by atoms with Gasteiger partial charge in [0.1, 0.15) is 6.10 Å². The molecule has 3 rings (SSSR count). The second kappa shape index (κ2) is 5.35. The van der Waals surface area contributed by atoms with E-state index in [2.05, 4.69) is 4.98 Å². The van der Waals surface area contributed by atoms with Crippen LogP contribution in [0.25, 0.3) is 0 Å². The molecule has 1 N–H and O–H groups in total. The molecular formula is C15H18N2O4. The number of carbonyl (C=O) groups is 2. The summed E-state index contributed by atoms with van der Waals surface area (Å²) in [6, 6.07) is 3.46. The van der Waals surface area contributed by atoms with Crippen molar-refractivity contribution in [2.24, 2.45) is 0 Å². The first kappa shape index (κ1) is 13.9. The van der Waals surface area contributed by atoms with Gasteiger partial charge in [0, 0.05) is 31.1 Å². The summed E-state index contributed by atoms with van der Waals surface area (Å²) in [7, 11) is 0. The maximum atomic E-state index is 11.6. The van der Waals surface area contributed by atoms with Crippen LogP contribution in [0.2, 0.25) is 0 Å². The van der Waals surface area contributed by atoms with Crippen LogP contribution in [-0.2, 0) is 0 Å². The zero-order chi connectivity index (χ0) is 15.0. The fraction of sp³-hybridized carbons (Fsp3) is 0.533. The Labute approximate surface area is 122 Å². The van der Waals surface area contributed by atoms with Gasteiger partial charge in [-0.2, -0.15) is 0 Å². The standard InChI is InChI=1S/C15H18N2O4/c1-9(18)13-3-2-6-16-14(13)21-12-7-10-4-5-11(8-12)17(10)15(19)20/h2-3,6,10-12H,4-5,7-8H2,1H3,(H,19,20)/t10-,11+,12?. The second-order valence-electron chi connectivity index (χ2n) is 5.70. The lowest BCUT2D eigenvalue weighted by molar-refractivity contribution is 0.0472. The predicted molar refractivity (Wildman–Crippen MR) is 74.6 cm³/mol. The van der Waals surface area contributed by atoms with E-state index in [-0.39, 0.29) is 24.0 Å². The van der Waals surface area contributed by atoms with E-state index in [1.165, 1.54) is 6.92 Å². The molecule has 6 nitrogen and oxygen atoms in total. The molecule has 2 aliphatic rings. The van der Waals surface area contributed by atoms with Crippen LogP contribution in [0.15, 0.2) is 18.3 Å². The van der Waals surface area contributed by atoms with Crippen molar-refractivity contribution in [1.29, 1.82) is 0 Å². The quantitative estimate of drug-likeness (QED) is 0.864. The molecule has 2 saturated heterocycles. The number of ether oxygens (including phenoxy) is 1. The average molecular weight is 290 g/mol. The van der Waals surface area contributed by atoms with Gasteiger partial charge in [-0.1, -0.05) is 0 Å². The Morgan fingerprint density at radius 1 is 1.33 bits per heavy atom. The largest absolute Gasteiger partial charge is 0.474 e. The minimum absolute atomic E-state index is 0.0238. The highest BCUT2D eigenvalue weighted by molar-refractivity contribution is 5.96. The molecule has 3 heterocycles. The number of fused-ring (bicyclic) bond motifs is 2. The van der Waals surface area contributed by atoms with Gasteiger partial charge in [0.2, 0.25) is 5.88 Å². The van der Waals surface area contributed by atoms with Crippen molar-refractivity contribution in [3.8, 4) is 5.88 Å². The van der Waals surface area contributed by atoms with Crippen molar-refractivity contribution in [3.63, 3.8) is 0 Å². The number of rotatable bonds is 3. The smallest absolute Gasteiger partial charge is 0.407 e. The number of hydrogen-bond acceptors (Lipinski definition) is 4. The number of Topliss-reactive ketones (excluding diaryl/α,β-unsaturated/α-hetero) is 1. The first-order valence-electron chi connectivity index (χ1n) is 7.20. The van der Waals surface area contributed by atoms with Gasteiger partial charge < -0.3 is 14.7 Å². The molecule has 0 aliphatic carbocycles. The number of carbonyl (C=O) groups excluding carboxylic acids is 1. The van der Waals surface area contributed by atoms with Crippen molar-refractivity contribution < 1.29 is 19.4 Å². The maximum Gasteiger partial charge on any atom is 0.407 e. The Bertz CT molecular complexity index is 561. The van der Waals surface area contributed by atoms with Crippen molar-refractivity contribution in [1.82, 2.24) is 9.88 Å². The topological polar surface area (TPSA) is 79.7 Å². The zero-order valence-corrected chi connectivity index (χ0v) is 11.9. The van der Waals surface area contributed by atoms with Crippen LogP contribution in [0.5, 0.6) is 5.88 Å². The summed E-state index contributed by atoms with van der Waals surface area (Å²) in [5.41, 5.74) is 0.477. The molecule has 112 valence electrons. The minimum Gasteiger partial charge on any atom is -0.474 e. The molecule has 21 heavy (non-hydrogen) atoms. The normalized spacial score (nSPS) is 27.5. The Balaban J connectivity index is 1.74. The number of ketones is 1. The van der Waals surface area contributed by atoms with Crippen LogP contribution >= 0.6 is 0 Å². The van der Waals surface area contributed by atoms with E-state index in [1.54, 1.807) is 23.2 Å². The highest BCUT2D eigenvalue weighted by Crippen LogP contribution is 2.37. The van der Waals surface area contributed by atoms with Crippen molar-refractivity contribution in [3.05, 3.63) is 23.9 Å². The van der Waals surface area contributed by atoms with E-state index in [0.717, 1.165) is 12.8 Å². The van der Waals surface area contributed by atoms with E-state index in [0.29, 0.717) is 24.3 Å². The third-order valence-electron chi connectivity index (χ3n) is 4.34. The van der Waals surface area contributed by atoms with Crippen LogP contribution in [-0.4, -0.2) is 45.1 Å². The number of pyridine rings is 1. The van der Waals surface area contributed by atoms with Crippen molar-refractivity contribution >= 4 is 11.9 Å². The van der Waals surface area contributed by atoms with E-state index >= 15 is 0 Å². The summed E-state index contributed by atoms with van der Waals surface area (Å²) in [5.74, 6) is 0.280. The molecule has 2 fully saturated rings. The van der Waals surface area contributed by atoms with Crippen molar-refractivity contribution in [2.75, 3.05) is 0 Å². The van der Waals surface area contributed by atoms with Gasteiger partial charge >= 0.3 is 6.09 Å². The van der Waals surface area contributed by atoms with Gasteiger partial charge in [-0.05, 0) is 31.9 Å². The van der Waals surface area contributed by atoms with E-state index in [1.807, 2.05) is 0 Å². The van der Waals surface area contributed by atoms with E-state index in [4.69, 9.17) is 4.74 Å². The molecule has 0 radical (unpaired) electrons. The van der Waals surface area contributed by atoms with Gasteiger partial charge in [-0.15, -0.1) is 0 Å². The molecule has 1 unspecified atom stereocenters. The van der Waals surface area contributed by atoms with E-state index in [9.17, 15) is 14.7 Å². The highest BCUT2D eigenvalue weighted by Gasteiger charge is 2.44. The van der Waals surface area contributed by atoms with Crippen LogP contribution in [0.4, 0.5) is 4.79 Å². The summed E-state index contributed by atoms with van der Waals surface area (Å²) >= 11 is 0. The predicted octanol–water partition coefficient (Wildman–Crippen LogP) is 2.34. The van der Waals surface area contributed by atoms with Crippen LogP contribution < -0.4 is 4.74 Å². The number of piperidine rings is 1. The van der Waals surface area contributed by atoms with E-state index < -0.39 is 6.09 Å². The Kier molecular flexibility index (Phi) is 3.53. The first-order chi connectivity index (χ1) is 10.1. The molecule has 1 aromatic rings. The summed E-state index contributed by atoms with van der Waals surface area (Å²) in [5, 5.41) is 9.24. The van der Waals surface area contributed by atoms with Crippen LogP contribution in [0.3, 0.4) is 0 Å². The maximum absolute atomic E-state index is 11.6. The highest BCUT2D eigenvalue weighted by atomic mass is 16.5. The number of hydrogen-bond donors (Lipinski definition) is 1. The average Bonchev–Trinajstić information content (AvgIpc) is 2.71. The minimum atomic E-state index is -0.844. The van der Waals surface area contributed by atoms with Crippen LogP contribution in [0, 0.1) is 0 Å². The number of amides is 1. The number of carboxylic acid groups (broad SMARTS) is 1. The molecule has 1 amide bonds. The molecule has 0 spiro atoms. The summed E-state index contributed by atoms with van der Waals surface area (Å²) in [6.07, 6.45) is 3.78. The lowest BCUT2D eigenvalue weighted by Gasteiger charge is -2.36. The third kappa shape index (κ3) is 2.57. The molecule has 1 aromatic heterocycles. The van der Waals surface area contributed by atoms with Gasteiger partial charge in [0.15, 0.2) is 5.78 Å². The van der Waals surface area contributed by atoms with Gasteiger partial charge in [-0.3, -0.25) is 4.79 Å². The monoisotopic (exact) mass is 290 g/mol. The lowest BCUT2D eigenvalue weighted by Crippen LogP contribution is -2.48. The summed E-state index contributed by atoms with van der Waals surface area (Å²) in [6.45, 7) is 1.49. The Morgan fingerprint density at radius 3 is 2.57 bits per heavy atom. The molecule has 2 bridgehead atoms. The molecule has 0 aromatic carbocycles. The third-order valence-corrected chi connectivity index (χ3v) is 4.34. The Morgan fingerprint density at radius 2 is 2.00 bits per heavy atom. The van der Waals surface area contributed by atoms with Gasteiger partial charge in [-0.25, -0.2) is 9.78 Å². The Hall–Kier alpha value is -2.11.